The van der Waals surface area contributed by atoms with E-state index in [1.807, 2.05) is 31.2 Å². The van der Waals surface area contributed by atoms with Gasteiger partial charge in [-0.1, -0.05) is 41.6 Å². The highest BCUT2D eigenvalue weighted by Gasteiger charge is 2.23. The Kier molecular flexibility index (Phi) is 3.29. The molecule has 1 heterocycles. The van der Waals surface area contributed by atoms with Crippen LogP contribution in [0.25, 0.3) is 0 Å². The first kappa shape index (κ1) is 11.2. The van der Waals surface area contributed by atoms with Gasteiger partial charge in [-0.15, -0.1) is 0 Å². The fraction of sp³-hybridized carbons (Fsp3) is 0.333. The third-order valence-electron chi connectivity index (χ3n) is 2.55. The summed E-state index contributed by atoms with van der Waals surface area (Å²) in [4.78, 5) is 24.8. The molecule has 0 atom stereocenters. The Hall–Kier alpha value is -1.29. The van der Waals surface area contributed by atoms with Gasteiger partial charge in [0.1, 0.15) is 0 Å². The molecule has 1 aliphatic rings. The number of nitrogens with zero attached hydrogens (tertiary/aromatic N) is 1. The van der Waals surface area contributed by atoms with Gasteiger partial charge in [0, 0.05) is 17.9 Å². The number of carbonyl (C=O) groups excluding carboxylic acids is 2. The normalized spacial score (nSPS) is 15.6. The summed E-state index contributed by atoms with van der Waals surface area (Å²) >= 11 is 1.28. The maximum atomic E-state index is 11.9. The quantitative estimate of drug-likeness (QED) is 0.755. The van der Waals surface area contributed by atoms with Gasteiger partial charge in [-0.05, 0) is 6.92 Å². The summed E-state index contributed by atoms with van der Waals surface area (Å²) in [6.07, 6.45) is 0. The van der Waals surface area contributed by atoms with Gasteiger partial charge in [-0.3, -0.25) is 9.59 Å². The van der Waals surface area contributed by atoms with Crippen LogP contribution in [0.5, 0.6) is 0 Å². The Morgan fingerprint density at radius 1 is 1.38 bits per heavy atom. The van der Waals surface area contributed by atoms with Crippen LogP contribution in [0, 0.1) is 6.92 Å². The molecule has 16 heavy (non-hydrogen) atoms. The second-order valence-corrected chi connectivity index (χ2v) is 4.87. The minimum Gasteiger partial charge on any atom is -0.325 e. The number of carbonyl (C=O) groups is 2. The van der Waals surface area contributed by atoms with Crippen LogP contribution in [0.15, 0.2) is 24.3 Å². The fourth-order valence-corrected chi connectivity index (χ4v) is 2.40. The van der Waals surface area contributed by atoms with E-state index in [-0.39, 0.29) is 17.6 Å². The average molecular weight is 235 g/mol. The van der Waals surface area contributed by atoms with E-state index in [4.69, 9.17) is 0 Å². The molecule has 1 aliphatic heterocycles. The predicted molar refractivity (Wildman–Crippen MR) is 64.9 cm³/mol. The molecule has 0 unspecified atom stereocenters. The monoisotopic (exact) mass is 235 g/mol. The van der Waals surface area contributed by atoms with E-state index < -0.39 is 0 Å². The number of Topliss-reactive ketones (excluding diaryl/α,β-unsaturated/α-hetero) is 1. The highest BCUT2D eigenvalue weighted by atomic mass is 32.2. The number of rotatable bonds is 3. The number of benzene rings is 1. The molecule has 2 rings (SSSR count). The van der Waals surface area contributed by atoms with Crippen LogP contribution in [0.3, 0.4) is 0 Å². The van der Waals surface area contributed by atoms with Gasteiger partial charge >= 0.3 is 0 Å². The molecule has 0 N–H and O–H groups in total. The van der Waals surface area contributed by atoms with E-state index >= 15 is 0 Å². The Balaban J connectivity index is 2.02. The molecule has 0 radical (unpaired) electrons. The van der Waals surface area contributed by atoms with Crippen molar-refractivity contribution in [2.24, 2.45) is 0 Å². The molecule has 1 amide bonds. The minimum absolute atomic E-state index is 0.0100. The molecular formula is C12H13NO2S. The summed E-state index contributed by atoms with van der Waals surface area (Å²) < 4.78 is 0. The van der Waals surface area contributed by atoms with Crippen molar-refractivity contribution < 1.29 is 9.59 Å². The van der Waals surface area contributed by atoms with Gasteiger partial charge in [-0.2, -0.15) is 0 Å². The first-order valence-electron chi connectivity index (χ1n) is 5.18. The van der Waals surface area contributed by atoms with Crippen molar-refractivity contribution in [3.05, 3.63) is 35.4 Å². The lowest BCUT2D eigenvalue weighted by Gasteiger charge is -2.13. The topological polar surface area (TPSA) is 37.4 Å². The third kappa shape index (κ3) is 2.44. The Morgan fingerprint density at radius 2 is 2.06 bits per heavy atom. The second-order valence-electron chi connectivity index (χ2n) is 3.83. The van der Waals surface area contributed by atoms with Gasteiger partial charge in [0.25, 0.3) is 5.24 Å². The summed E-state index contributed by atoms with van der Waals surface area (Å²) in [5, 5.41) is 0.0143. The van der Waals surface area contributed by atoms with Crippen molar-refractivity contribution in [2.45, 2.75) is 6.92 Å². The standard InChI is InChI=1S/C12H13NO2S/c1-9-2-4-10(5-3-9)11(14)8-13-6-7-16-12(13)15/h2-5H,6-8H2,1H3. The van der Waals surface area contributed by atoms with Gasteiger partial charge in [0.2, 0.25) is 0 Å². The van der Waals surface area contributed by atoms with Crippen molar-refractivity contribution >= 4 is 22.8 Å². The van der Waals surface area contributed by atoms with Crippen LogP contribution in [0.2, 0.25) is 0 Å². The summed E-state index contributed by atoms with van der Waals surface area (Å²) in [5.41, 5.74) is 1.81. The zero-order valence-corrected chi connectivity index (χ0v) is 9.92. The molecule has 3 nitrogen and oxygen atoms in total. The smallest absolute Gasteiger partial charge is 0.282 e. The molecule has 0 saturated carbocycles. The van der Waals surface area contributed by atoms with E-state index in [9.17, 15) is 9.59 Å². The maximum Gasteiger partial charge on any atom is 0.282 e. The highest BCUT2D eigenvalue weighted by molar-refractivity contribution is 8.13. The van der Waals surface area contributed by atoms with Crippen LogP contribution < -0.4 is 0 Å². The third-order valence-corrected chi connectivity index (χ3v) is 3.44. The number of hydrogen-bond acceptors (Lipinski definition) is 3. The van der Waals surface area contributed by atoms with Gasteiger partial charge in [0.15, 0.2) is 5.78 Å². The first-order valence-corrected chi connectivity index (χ1v) is 6.17. The lowest BCUT2D eigenvalue weighted by Crippen LogP contribution is -2.29. The van der Waals surface area contributed by atoms with E-state index in [2.05, 4.69) is 0 Å². The molecule has 1 aromatic rings. The van der Waals surface area contributed by atoms with Gasteiger partial charge in [-0.25, -0.2) is 0 Å². The molecule has 0 spiro atoms. The zero-order chi connectivity index (χ0) is 11.5. The molecule has 1 aromatic carbocycles. The molecule has 1 fully saturated rings. The molecule has 0 aliphatic carbocycles. The molecular weight excluding hydrogens is 222 g/mol. The average Bonchev–Trinajstić information content (AvgIpc) is 2.65. The van der Waals surface area contributed by atoms with E-state index in [1.54, 1.807) is 4.90 Å². The Bertz CT molecular complexity index is 414. The largest absolute Gasteiger partial charge is 0.325 e. The summed E-state index contributed by atoms with van der Waals surface area (Å²) in [6, 6.07) is 7.44. The lowest BCUT2D eigenvalue weighted by molar-refractivity contribution is 0.0956. The zero-order valence-electron chi connectivity index (χ0n) is 9.10. The van der Waals surface area contributed by atoms with Crippen molar-refractivity contribution in [1.29, 1.82) is 0 Å². The number of hydrogen-bond donors (Lipinski definition) is 0. The first-order chi connectivity index (χ1) is 7.66. The number of thioether (sulfide) groups is 1. The summed E-state index contributed by atoms with van der Waals surface area (Å²) in [6.45, 7) is 2.87. The SMILES string of the molecule is Cc1ccc(C(=O)CN2CCSC2=O)cc1. The van der Waals surface area contributed by atoms with Crippen LogP contribution in [-0.2, 0) is 0 Å². The molecule has 84 valence electrons. The molecule has 4 heteroatoms. The van der Waals surface area contributed by atoms with Crippen LogP contribution >= 0.6 is 11.8 Å². The summed E-state index contributed by atoms with van der Waals surface area (Å²) in [5.74, 6) is 0.802. The van der Waals surface area contributed by atoms with Crippen LogP contribution in [-0.4, -0.2) is 34.8 Å². The number of amides is 1. The maximum absolute atomic E-state index is 11.9. The van der Waals surface area contributed by atoms with E-state index in [0.29, 0.717) is 12.1 Å². The summed E-state index contributed by atoms with van der Waals surface area (Å²) in [7, 11) is 0. The lowest BCUT2D eigenvalue weighted by atomic mass is 10.1. The van der Waals surface area contributed by atoms with E-state index in [1.165, 1.54) is 11.8 Å². The molecule has 0 bridgehead atoms. The Morgan fingerprint density at radius 3 is 2.62 bits per heavy atom. The predicted octanol–water partition coefficient (Wildman–Crippen LogP) is 2.35. The van der Waals surface area contributed by atoms with Crippen molar-refractivity contribution in [2.75, 3.05) is 18.8 Å². The minimum atomic E-state index is 0.0100. The second kappa shape index (κ2) is 4.70. The molecule has 1 saturated heterocycles. The van der Waals surface area contributed by atoms with Gasteiger partial charge < -0.3 is 4.90 Å². The fourth-order valence-electron chi connectivity index (χ4n) is 1.57. The molecule has 0 aromatic heterocycles. The van der Waals surface area contributed by atoms with Crippen LogP contribution in [0.1, 0.15) is 15.9 Å². The van der Waals surface area contributed by atoms with Crippen LogP contribution in [0.4, 0.5) is 4.79 Å². The van der Waals surface area contributed by atoms with Crippen molar-refractivity contribution in [3.63, 3.8) is 0 Å². The Labute approximate surface area is 98.8 Å². The van der Waals surface area contributed by atoms with Gasteiger partial charge in [0.05, 0.1) is 6.54 Å². The highest BCUT2D eigenvalue weighted by Crippen LogP contribution is 2.17. The van der Waals surface area contributed by atoms with E-state index in [0.717, 1.165) is 11.3 Å². The van der Waals surface area contributed by atoms with Crippen molar-refractivity contribution in [3.8, 4) is 0 Å². The van der Waals surface area contributed by atoms with Crippen molar-refractivity contribution in [1.82, 2.24) is 4.90 Å². The number of ketones is 1. The number of aryl methyl sites for hydroxylation is 1.